The molecule has 0 bridgehead atoms. The maximum atomic E-state index is 6.03. The van der Waals surface area contributed by atoms with Gasteiger partial charge in [0.05, 0.1) is 0 Å². The number of rotatable bonds is 3. The largest absolute Gasteiger partial charge is 0.328 e. The Kier molecular flexibility index (Phi) is 3.13. The fraction of sp³-hybridized carbons (Fsp3) is 1.00. The first-order valence-corrected chi connectivity index (χ1v) is 6.16. The van der Waals surface area contributed by atoms with Crippen molar-refractivity contribution in [2.45, 2.75) is 63.6 Å². The maximum absolute atomic E-state index is 6.03. The molecule has 2 fully saturated rings. The molecular formula is C12H24N2. The van der Waals surface area contributed by atoms with Crippen LogP contribution in [0.2, 0.25) is 0 Å². The van der Waals surface area contributed by atoms with Crippen LogP contribution in [0.3, 0.4) is 0 Å². The first-order valence-electron chi connectivity index (χ1n) is 6.16. The van der Waals surface area contributed by atoms with Crippen molar-refractivity contribution >= 4 is 0 Å². The minimum atomic E-state index is 0.461. The Morgan fingerprint density at radius 3 is 2.50 bits per heavy atom. The summed E-state index contributed by atoms with van der Waals surface area (Å²) in [6.45, 7) is 2.39. The lowest BCUT2D eigenvalue weighted by atomic mass is 9.90. The van der Waals surface area contributed by atoms with Crippen LogP contribution in [0.5, 0.6) is 0 Å². The van der Waals surface area contributed by atoms with Crippen LogP contribution in [0.25, 0.3) is 0 Å². The Labute approximate surface area is 87.8 Å². The van der Waals surface area contributed by atoms with Gasteiger partial charge in [0.25, 0.3) is 0 Å². The molecule has 0 amide bonds. The maximum Gasteiger partial charge on any atom is 0.0110 e. The van der Waals surface area contributed by atoms with E-state index in [0.717, 1.165) is 18.0 Å². The summed E-state index contributed by atoms with van der Waals surface area (Å²) in [5.74, 6) is 0.984. The molecule has 2 aliphatic rings. The standard InChI is InChI=1S/C12H24N2/c1-9(10-6-7-10)14(2)12-5-3-4-11(13)8-12/h9-12H,3-8,13H2,1-2H3. The topological polar surface area (TPSA) is 29.3 Å². The number of nitrogens with two attached hydrogens (primary N) is 1. The van der Waals surface area contributed by atoms with Crippen LogP contribution in [-0.2, 0) is 0 Å². The molecule has 82 valence electrons. The predicted molar refractivity (Wildman–Crippen MR) is 60.2 cm³/mol. The molecule has 0 spiro atoms. The average molecular weight is 196 g/mol. The molecule has 2 aliphatic carbocycles. The summed E-state index contributed by atoms with van der Waals surface area (Å²) in [4.78, 5) is 2.59. The molecule has 3 unspecified atom stereocenters. The van der Waals surface area contributed by atoms with E-state index < -0.39 is 0 Å². The third-order valence-electron chi connectivity index (χ3n) is 4.21. The molecule has 0 heterocycles. The molecule has 3 atom stereocenters. The second kappa shape index (κ2) is 4.19. The molecule has 2 N–H and O–H groups in total. The van der Waals surface area contributed by atoms with Gasteiger partial charge < -0.3 is 10.6 Å². The normalized spacial score (nSPS) is 36.0. The van der Waals surface area contributed by atoms with Gasteiger partial charge in [0.2, 0.25) is 0 Å². The molecule has 0 radical (unpaired) electrons. The van der Waals surface area contributed by atoms with Gasteiger partial charge in [-0.1, -0.05) is 6.42 Å². The lowest BCUT2D eigenvalue weighted by molar-refractivity contribution is 0.126. The zero-order valence-electron chi connectivity index (χ0n) is 9.58. The lowest BCUT2D eigenvalue weighted by Crippen LogP contribution is -2.45. The highest BCUT2D eigenvalue weighted by molar-refractivity contribution is 4.89. The van der Waals surface area contributed by atoms with E-state index in [1.807, 2.05) is 0 Å². The fourth-order valence-corrected chi connectivity index (χ4v) is 2.81. The lowest BCUT2D eigenvalue weighted by Gasteiger charge is -2.37. The minimum Gasteiger partial charge on any atom is -0.328 e. The quantitative estimate of drug-likeness (QED) is 0.748. The Hall–Kier alpha value is -0.0800. The molecule has 0 saturated heterocycles. The van der Waals surface area contributed by atoms with Gasteiger partial charge in [0.1, 0.15) is 0 Å². The van der Waals surface area contributed by atoms with Crippen molar-refractivity contribution in [3.63, 3.8) is 0 Å². The Bertz CT molecular complexity index is 189. The van der Waals surface area contributed by atoms with E-state index in [2.05, 4.69) is 18.9 Å². The van der Waals surface area contributed by atoms with E-state index in [9.17, 15) is 0 Å². The molecule has 2 saturated carbocycles. The first kappa shape index (κ1) is 10.4. The van der Waals surface area contributed by atoms with Gasteiger partial charge in [0, 0.05) is 18.1 Å². The van der Waals surface area contributed by atoms with Gasteiger partial charge in [-0.3, -0.25) is 0 Å². The zero-order chi connectivity index (χ0) is 10.1. The predicted octanol–water partition coefficient (Wildman–Crippen LogP) is 1.99. The van der Waals surface area contributed by atoms with Crippen LogP contribution in [0.1, 0.15) is 45.4 Å². The molecule has 2 heteroatoms. The Morgan fingerprint density at radius 1 is 1.21 bits per heavy atom. The highest BCUT2D eigenvalue weighted by Crippen LogP contribution is 2.36. The molecule has 0 aromatic rings. The van der Waals surface area contributed by atoms with E-state index in [1.54, 1.807) is 0 Å². The monoisotopic (exact) mass is 196 g/mol. The van der Waals surface area contributed by atoms with Gasteiger partial charge in [-0.15, -0.1) is 0 Å². The highest BCUT2D eigenvalue weighted by atomic mass is 15.2. The molecule has 14 heavy (non-hydrogen) atoms. The summed E-state index contributed by atoms with van der Waals surface area (Å²) in [5, 5.41) is 0. The van der Waals surface area contributed by atoms with Gasteiger partial charge in [0.15, 0.2) is 0 Å². The molecular weight excluding hydrogens is 172 g/mol. The van der Waals surface area contributed by atoms with Crippen LogP contribution < -0.4 is 5.73 Å². The SMILES string of the molecule is CC(C1CC1)N(C)C1CCCC(N)C1. The first-order chi connectivity index (χ1) is 6.68. The second-order valence-corrected chi connectivity index (χ2v) is 5.32. The minimum absolute atomic E-state index is 0.461. The summed E-state index contributed by atoms with van der Waals surface area (Å²) >= 11 is 0. The molecule has 0 aromatic carbocycles. The van der Waals surface area contributed by atoms with Gasteiger partial charge in [-0.2, -0.15) is 0 Å². The van der Waals surface area contributed by atoms with Crippen LogP contribution in [0.15, 0.2) is 0 Å². The third kappa shape index (κ3) is 2.29. The van der Waals surface area contributed by atoms with Crippen molar-refractivity contribution in [2.75, 3.05) is 7.05 Å². The summed E-state index contributed by atoms with van der Waals surface area (Å²) < 4.78 is 0. The summed E-state index contributed by atoms with van der Waals surface area (Å²) in [7, 11) is 2.30. The molecule has 0 aromatic heterocycles. The van der Waals surface area contributed by atoms with E-state index in [4.69, 9.17) is 5.73 Å². The van der Waals surface area contributed by atoms with Gasteiger partial charge >= 0.3 is 0 Å². The van der Waals surface area contributed by atoms with Gasteiger partial charge in [-0.05, 0) is 52.0 Å². The molecule has 2 nitrogen and oxygen atoms in total. The van der Waals surface area contributed by atoms with Crippen molar-refractivity contribution in [1.29, 1.82) is 0 Å². The van der Waals surface area contributed by atoms with Crippen LogP contribution in [-0.4, -0.2) is 30.1 Å². The summed E-state index contributed by atoms with van der Waals surface area (Å²) in [6.07, 6.45) is 8.04. The second-order valence-electron chi connectivity index (χ2n) is 5.32. The highest BCUT2D eigenvalue weighted by Gasteiger charge is 2.34. The van der Waals surface area contributed by atoms with Crippen LogP contribution in [0, 0.1) is 5.92 Å². The van der Waals surface area contributed by atoms with Crippen LogP contribution in [0.4, 0.5) is 0 Å². The van der Waals surface area contributed by atoms with Crippen molar-refractivity contribution in [3.8, 4) is 0 Å². The third-order valence-corrected chi connectivity index (χ3v) is 4.21. The van der Waals surface area contributed by atoms with E-state index >= 15 is 0 Å². The van der Waals surface area contributed by atoms with Crippen LogP contribution >= 0.6 is 0 Å². The number of hydrogen-bond acceptors (Lipinski definition) is 2. The molecule has 0 aliphatic heterocycles. The van der Waals surface area contributed by atoms with Crippen molar-refractivity contribution in [2.24, 2.45) is 11.7 Å². The number of hydrogen-bond donors (Lipinski definition) is 1. The summed E-state index contributed by atoms with van der Waals surface area (Å²) in [6, 6.07) is 2.00. The Balaban J connectivity index is 1.85. The molecule has 2 rings (SSSR count). The van der Waals surface area contributed by atoms with Crippen molar-refractivity contribution in [1.82, 2.24) is 4.90 Å². The van der Waals surface area contributed by atoms with Crippen molar-refractivity contribution in [3.05, 3.63) is 0 Å². The number of nitrogens with zero attached hydrogens (tertiary/aromatic N) is 1. The fourth-order valence-electron chi connectivity index (χ4n) is 2.81. The zero-order valence-corrected chi connectivity index (χ0v) is 9.58. The van der Waals surface area contributed by atoms with Crippen molar-refractivity contribution < 1.29 is 0 Å². The van der Waals surface area contributed by atoms with Gasteiger partial charge in [-0.25, -0.2) is 0 Å². The van der Waals surface area contributed by atoms with E-state index in [1.165, 1.54) is 38.5 Å². The van der Waals surface area contributed by atoms with E-state index in [-0.39, 0.29) is 0 Å². The van der Waals surface area contributed by atoms with E-state index in [0.29, 0.717) is 6.04 Å². The Morgan fingerprint density at radius 2 is 1.93 bits per heavy atom. The smallest absolute Gasteiger partial charge is 0.0110 e. The average Bonchev–Trinajstić information content (AvgIpc) is 2.99. The summed E-state index contributed by atoms with van der Waals surface area (Å²) in [5.41, 5.74) is 6.03.